The van der Waals surface area contributed by atoms with Crippen LogP contribution in [0.15, 0.2) is 0 Å². The fourth-order valence-corrected chi connectivity index (χ4v) is 2.24. The second-order valence-electron chi connectivity index (χ2n) is 4.12. The predicted molar refractivity (Wildman–Crippen MR) is 56.4 cm³/mol. The maximum absolute atomic E-state index is 10.5. The Kier molecular flexibility index (Phi) is 4.94. The molecule has 1 unspecified atom stereocenters. The van der Waals surface area contributed by atoms with Crippen molar-refractivity contribution in [3.63, 3.8) is 0 Å². The predicted octanol–water partition coefficient (Wildman–Crippen LogP) is 2.12. The zero-order valence-corrected chi connectivity index (χ0v) is 9.04. The fraction of sp³-hybridized carbons (Fsp3) is 0.909. The summed E-state index contributed by atoms with van der Waals surface area (Å²) in [4.78, 5) is 13.0. The summed E-state index contributed by atoms with van der Waals surface area (Å²) >= 11 is 0. The van der Waals surface area contributed by atoms with E-state index in [1.165, 1.54) is 25.9 Å². The molecule has 0 spiro atoms. The Morgan fingerprint density at radius 2 is 2.00 bits per heavy atom. The van der Waals surface area contributed by atoms with Gasteiger partial charge in [0.15, 0.2) is 0 Å². The van der Waals surface area contributed by atoms with Crippen LogP contribution < -0.4 is 0 Å². The lowest BCUT2D eigenvalue weighted by molar-refractivity contribution is -0.137. The first-order chi connectivity index (χ1) is 6.74. The third-order valence-corrected chi connectivity index (χ3v) is 2.97. The number of nitrogens with zero attached hydrogens (tertiary/aromatic N) is 1. The molecular formula is C11H21NO2. The average molecular weight is 199 g/mol. The number of likely N-dealkylation sites (tertiary alicyclic amines) is 1. The Morgan fingerprint density at radius 1 is 1.36 bits per heavy atom. The molecule has 0 bridgehead atoms. The summed E-state index contributed by atoms with van der Waals surface area (Å²) in [5.41, 5.74) is 0. The lowest BCUT2D eigenvalue weighted by atomic mass is 10.1. The van der Waals surface area contributed by atoms with Gasteiger partial charge in [-0.05, 0) is 38.8 Å². The van der Waals surface area contributed by atoms with Gasteiger partial charge < -0.3 is 10.0 Å². The molecule has 1 N–H and O–H groups in total. The van der Waals surface area contributed by atoms with Gasteiger partial charge in [-0.15, -0.1) is 0 Å². The van der Waals surface area contributed by atoms with E-state index in [-0.39, 0.29) is 0 Å². The van der Waals surface area contributed by atoms with Gasteiger partial charge in [-0.25, -0.2) is 0 Å². The molecule has 3 heteroatoms. The summed E-state index contributed by atoms with van der Waals surface area (Å²) in [7, 11) is 0. The minimum atomic E-state index is -0.662. The molecule has 0 radical (unpaired) electrons. The van der Waals surface area contributed by atoms with Crippen molar-refractivity contribution in [2.45, 2.75) is 51.5 Å². The highest BCUT2D eigenvalue weighted by molar-refractivity contribution is 5.66. The molecule has 0 aromatic heterocycles. The molecule has 0 amide bonds. The number of carboxylic acids is 1. The van der Waals surface area contributed by atoms with Gasteiger partial charge in [0.2, 0.25) is 0 Å². The van der Waals surface area contributed by atoms with E-state index in [9.17, 15) is 4.79 Å². The van der Waals surface area contributed by atoms with E-state index in [4.69, 9.17) is 5.11 Å². The van der Waals surface area contributed by atoms with Crippen molar-refractivity contribution in [1.82, 2.24) is 4.90 Å². The number of rotatable bonds is 6. The molecule has 1 aliphatic rings. The first-order valence-corrected chi connectivity index (χ1v) is 5.70. The van der Waals surface area contributed by atoms with E-state index in [2.05, 4.69) is 11.8 Å². The molecule has 0 aliphatic carbocycles. The monoisotopic (exact) mass is 199 g/mol. The first-order valence-electron chi connectivity index (χ1n) is 5.70. The van der Waals surface area contributed by atoms with Crippen LogP contribution in [0.25, 0.3) is 0 Å². The summed E-state index contributed by atoms with van der Waals surface area (Å²) in [6, 6.07) is 0.513. The lowest BCUT2D eigenvalue weighted by Gasteiger charge is -2.26. The Balaban J connectivity index is 2.33. The van der Waals surface area contributed by atoms with E-state index in [0.29, 0.717) is 12.5 Å². The third kappa shape index (κ3) is 3.66. The van der Waals surface area contributed by atoms with Gasteiger partial charge >= 0.3 is 5.97 Å². The maximum atomic E-state index is 10.5. The van der Waals surface area contributed by atoms with E-state index in [1.807, 2.05) is 0 Å². The van der Waals surface area contributed by atoms with Crippen LogP contribution in [0.1, 0.15) is 45.4 Å². The van der Waals surface area contributed by atoms with Crippen LogP contribution in [-0.2, 0) is 4.79 Å². The van der Waals surface area contributed by atoms with Gasteiger partial charge in [-0.2, -0.15) is 0 Å². The largest absolute Gasteiger partial charge is 0.481 e. The molecule has 0 aromatic carbocycles. The van der Waals surface area contributed by atoms with Gasteiger partial charge in [0, 0.05) is 12.5 Å². The van der Waals surface area contributed by atoms with E-state index in [1.54, 1.807) is 0 Å². The van der Waals surface area contributed by atoms with Crippen molar-refractivity contribution in [3.05, 3.63) is 0 Å². The highest BCUT2D eigenvalue weighted by atomic mass is 16.4. The summed E-state index contributed by atoms with van der Waals surface area (Å²) < 4.78 is 0. The van der Waals surface area contributed by atoms with Crippen LogP contribution in [0.4, 0.5) is 0 Å². The zero-order chi connectivity index (χ0) is 10.4. The zero-order valence-electron chi connectivity index (χ0n) is 9.04. The molecule has 0 aromatic rings. The molecule has 82 valence electrons. The number of carbonyl (C=O) groups is 1. The molecule has 1 atom stereocenters. The minimum absolute atomic E-state index is 0.321. The van der Waals surface area contributed by atoms with Crippen molar-refractivity contribution in [3.8, 4) is 0 Å². The van der Waals surface area contributed by atoms with Crippen LogP contribution in [0.2, 0.25) is 0 Å². The van der Waals surface area contributed by atoms with Crippen LogP contribution >= 0.6 is 0 Å². The van der Waals surface area contributed by atoms with Crippen molar-refractivity contribution >= 4 is 5.97 Å². The maximum Gasteiger partial charge on any atom is 0.303 e. The molecule has 14 heavy (non-hydrogen) atoms. The summed E-state index contributed by atoms with van der Waals surface area (Å²) in [6.45, 7) is 4.51. The van der Waals surface area contributed by atoms with Crippen molar-refractivity contribution in [1.29, 1.82) is 0 Å². The van der Waals surface area contributed by atoms with Crippen LogP contribution in [-0.4, -0.2) is 35.1 Å². The van der Waals surface area contributed by atoms with Crippen LogP contribution in [0.5, 0.6) is 0 Å². The number of hydrogen-bond donors (Lipinski definition) is 1. The lowest BCUT2D eigenvalue weighted by Crippen LogP contribution is -2.33. The molecule has 1 aliphatic heterocycles. The highest BCUT2D eigenvalue weighted by Crippen LogP contribution is 2.19. The standard InChI is InChI=1S/C11H21NO2/c1-2-5-10(6-7-11(13)14)12-8-3-4-9-12/h10H,2-9H2,1H3,(H,13,14). The number of aliphatic carboxylic acids is 1. The number of carboxylic acid groups (broad SMARTS) is 1. The van der Waals surface area contributed by atoms with Gasteiger partial charge in [-0.3, -0.25) is 4.79 Å². The van der Waals surface area contributed by atoms with Gasteiger partial charge in [0.1, 0.15) is 0 Å². The van der Waals surface area contributed by atoms with Crippen LogP contribution in [0.3, 0.4) is 0 Å². The molecule has 1 fully saturated rings. The van der Waals surface area contributed by atoms with Gasteiger partial charge in [0.05, 0.1) is 0 Å². The Hall–Kier alpha value is -0.570. The molecule has 1 saturated heterocycles. The fourth-order valence-electron chi connectivity index (χ4n) is 2.24. The Morgan fingerprint density at radius 3 is 2.50 bits per heavy atom. The first kappa shape index (κ1) is 11.5. The Bertz CT molecular complexity index is 176. The summed E-state index contributed by atoms with van der Waals surface area (Å²) in [5, 5.41) is 8.65. The van der Waals surface area contributed by atoms with Crippen molar-refractivity contribution in [2.24, 2.45) is 0 Å². The van der Waals surface area contributed by atoms with E-state index >= 15 is 0 Å². The van der Waals surface area contributed by atoms with E-state index < -0.39 is 5.97 Å². The van der Waals surface area contributed by atoms with Crippen LogP contribution in [0, 0.1) is 0 Å². The normalized spacial score (nSPS) is 19.8. The quantitative estimate of drug-likeness (QED) is 0.712. The second kappa shape index (κ2) is 6.02. The second-order valence-corrected chi connectivity index (χ2v) is 4.12. The molecule has 3 nitrogen and oxygen atoms in total. The highest BCUT2D eigenvalue weighted by Gasteiger charge is 2.21. The minimum Gasteiger partial charge on any atom is -0.481 e. The average Bonchev–Trinajstić information content (AvgIpc) is 2.64. The summed E-state index contributed by atoms with van der Waals surface area (Å²) in [5.74, 6) is -0.662. The van der Waals surface area contributed by atoms with Crippen molar-refractivity contribution < 1.29 is 9.90 Å². The third-order valence-electron chi connectivity index (χ3n) is 2.97. The van der Waals surface area contributed by atoms with Crippen molar-refractivity contribution in [2.75, 3.05) is 13.1 Å². The molecule has 0 saturated carbocycles. The summed E-state index contributed by atoms with van der Waals surface area (Å²) in [6.07, 6.45) is 6.01. The van der Waals surface area contributed by atoms with E-state index in [0.717, 1.165) is 19.3 Å². The molecular weight excluding hydrogens is 178 g/mol. The number of hydrogen-bond acceptors (Lipinski definition) is 2. The topological polar surface area (TPSA) is 40.5 Å². The smallest absolute Gasteiger partial charge is 0.303 e. The van der Waals surface area contributed by atoms with Gasteiger partial charge in [-0.1, -0.05) is 13.3 Å². The Labute approximate surface area is 86.1 Å². The van der Waals surface area contributed by atoms with Gasteiger partial charge in [0.25, 0.3) is 0 Å². The SMILES string of the molecule is CCCC(CCC(=O)O)N1CCCC1. The molecule has 1 heterocycles. The molecule has 1 rings (SSSR count).